The third kappa shape index (κ3) is 4.86. The number of H-pyrrole nitrogens is 1. The molecule has 0 saturated carbocycles. The van der Waals surface area contributed by atoms with E-state index in [4.69, 9.17) is 9.47 Å². The molecule has 32 heavy (non-hydrogen) atoms. The molecule has 4 aromatic rings. The minimum Gasteiger partial charge on any atom is -0.497 e. The Kier molecular flexibility index (Phi) is 6.03. The molecule has 0 saturated heterocycles. The second-order valence-electron chi connectivity index (χ2n) is 7.13. The number of ketones is 1. The Labute approximate surface area is 184 Å². The number of methoxy groups -OCH3 is 1. The molecule has 0 aliphatic rings. The average Bonchev–Trinajstić information content (AvgIpc) is 3.20. The van der Waals surface area contributed by atoms with Gasteiger partial charge in [-0.25, -0.2) is 4.79 Å². The van der Waals surface area contributed by atoms with Crippen molar-refractivity contribution in [3.05, 3.63) is 77.9 Å². The number of aromatic amines is 1. The predicted molar refractivity (Wildman–Crippen MR) is 123 cm³/mol. The summed E-state index contributed by atoms with van der Waals surface area (Å²) in [5, 5.41) is 13.3. The molecule has 1 aromatic heterocycles. The first-order chi connectivity index (χ1) is 15.5. The van der Waals surface area contributed by atoms with Crippen LogP contribution >= 0.6 is 0 Å². The van der Waals surface area contributed by atoms with E-state index in [2.05, 4.69) is 20.8 Å². The fourth-order valence-electron chi connectivity index (χ4n) is 3.17. The Morgan fingerprint density at radius 3 is 2.53 bits per heavy atom. The number of benzene rings is 3. The second-order valence-corrected chi connectivity index (χ2v) is 7.13. The van der Waals surface area contributed by atoms with E-state index in [9.17, 15) is 9.59 Å². The van der Waals surface area contributed by atoms with Gasteiger partial charge in [-0.2, -0.15) is 5.10 Å². The lowest BCUT2D eigenvalue weighted by Crippen LogP contribution is -2.19. The molecular formula is C24H22N4O4. The number of anilines is 2. The zero-order valence-electron chi connectivity index (χ0n) is 17.6. The van der Waals surface area contributed by atoms with Gasteiger partial charge < -0.3 is 14.8 Å². The second kappa shape index (κ2) is 9.22. The highest BCUT2D eigenvalue weighted by atomic mass is 16.5. The molecule has 3 aromatic carbocycles. The van der Waals surface area contributed by atoms with Crippen molar-refractivity contribution in [2.45, 2.75) is 13.5 Å². The lowest BCUT2D eigenvalue weighted by atomic mass is 10.1. The Morgan fingerprint density at radius 2 is 1.78 bits per heavy atom. The minimum atomic E-state index is -0.448. The molecule has 0 fully saturated rings. The van der Waals surface area contributed by atoms with Gasteiger partial charge in [0.05, 0.1) is 12.6 Å². The van der Waals surface area contributed by atoms with Gasteiger partial charge in [0.1, 0.15) is 18.1 Å². The van der Waals surface area contributed by atoms with Gasteiger partial charge >= 0.3 is 6.03 Å². The zero-order chi connectivity index (χ0) is 22.5. The number of carbonyl (C=O) groups is 2. The van der Waals surface area contributed by atoms with E-state index < -0.39 is 6.03 Å². The summed E-state index contributed by atoms with van der Waals surface area (Å²) in [6, 6.07) is 19.4. The molecule has 2 amide bonds. The molecule has 0 atom stereocenters. The van der Waals surface area contributed by atoms with Gasteiger partial charge in [0.25, 0.3) is 0 Å². The number of amides is 2. The smallest absolute Gasteiger partial charge is 0.324 e. The van der Waals surface area contributed by atoms with Crippen molar-refractivity contribution < 1.29 is 19.1 Å². The molecule has 0 radical (unpaired) electrons. The van der Waals surface area contributed by atoms with E-state index >= 15 is 0 Å². The summed E-state index contributed by atoms with van der Waals surface area (Å²) >= 11 is 0. The van der Waals surface area contributed by atoms with Gasteiger partial charge in [-0.3, -0.25) is 15.2 Å². The number of ether oxygens (including phenoxy) is 2. The van der Waals surface area contributed by atoms with Crippen molar-refractivity contribution in [1.82, 2.24) is 10.2 Å². The summed E-state index contributed by atoms with van der Waals surface area (Å²) in [5.41, 5.74) is 2.88. The molecule has 0 aliphatic carbocycles. The summed E-state index contributed by atoms with van der Waals surface area (Å²) in [7, 11) is 1.62. The molecule has 8 nitrogen and oxygen atoms in total. The highest BCUT2D eigenvalue weighted by Gasteiger charge is 2.11. The highest BCUT2D eigenvalue weighted by Crippen LogP contribution is 2.26. The van der Waals surface area contributed by atoms with Crippen LogP contribution in [-0.2, 0) is 6.61 Å². The first-order valence-electron chi connectivity index (χ1n) is 9.94. The predicted octanol–water partition coefficient (Wildman–Crippen LogP) is 5.00. The third-order valence-electron chi connectivity index (χ3n) is 4.86. The fraction of sp³-hybridized carbons (Fsp3) is 0.125. The lowest BCUT2D eigenvalue weighted by Gasteiger charge is -2.09. The number of nitrogens with one attached hydrogen (secondary N) is 3. The number of hydrogen-bond donors (Lipinski definition) is 3. The topological polar surface area (TPSA) is 105 Å². The van der Waals surface area contributed by atoms with E-state index in [0.717, 1.165) is 22.2 Å². The molecule has 3 N–H and O–H groups in total. The van der Waals surface area contributed by atoms with Gasteiger partial charge in [-0.15, -0.1) is 0 Å². The SMILES string of the molecule is COc1cccc(COc2ccc3[nH]nc(NC(=O)Nc4ccc(C(C)=O)cc4)c3c2)c1. The minimum absolute atomic E-state index is 0.0339. The van der Waals surface area contributed by atoms with Gasteiger partial charge in [0, 0.05) is 16.6 Å². The Balaban J connectivity index is 1.43. The molecular weight excluding hydrogens is 408 g/mol. The van der Waals surface area contributed by atoms with Crippen LogP contribution in [0.3, 0.4) is 0 Å². The van der Waals surface area contributed by atoms with E-state index in [1.54, 1.807) is 31.4 Å². The average molecular weight is 430 g/mol. The molecule has 0 bridgehead atoms. The third-order valence-corrected chi connectivity index (χ3v) is 4.86. The van der Waals surface area contributed by atoms with E-state index in [1.165, 1.54) is 6.92 Å². The molecule has 0 spiro atoms. The Morgan fingerprint density at radius 1 is 0.969 bits per heavy atom. The summed E-state index contributed by atoms with van der Waals surface area (Å²) in [6.07, 6.45) is 0. The van der Waals surface area contributed by atoms with Crippen molar-refractivity contribution in [2.24, 2.45) is 0 Å². The number of carbonyl (C=O) groups excluding carboxylic acids is 2. The summed E-state index contributed by atoms with van der Waals surface area (Å²) in [6.45, 7) is 1.87. The monoisotopic (exact) mass is 430 g/mol. The van der Waals surface area contributed by atoms with Crippen LogP contribution in [0.4, 0.5) is 16.3 Å². The van der Waals surface area contributed by atoms with Crippen LogP contribution in [0.1, 0.15) is 22.8 Å². The maximum absolute atomic E-state index is 12.4. The van der Waals surface area contributed by atoms with Crippen LogP contribution < -0.4 is 20.1 Å². The molecule has 162 valence electrons. The van der Waals surface area contributed by atoms with Crippen molar-refractivity contribution in [3.8, 4) is 11.5 Å². The molecule has 8 heteroatoms. The molecule has 4 rings (SSSR count). The van der Waals surface area contributed by atoms with Gasteiger partial charge in [-0.05, 0) is 67.1 Å². The van der Waals surface area contributed by atoms with Crippen molar-refractivity contribution in [3.63, 3.8) is 0 Å². The number of hydrogen-bond acceptors (Lipinski definition) is 5. The van der Waals surface area contributed by atoms with Crippen LogP contribution in [-0.4, -0.2) is 29.1 Å². The van der Waals surface area contributed by atoms with Crippen molar-refractivity contribution in [1.29, 1.82) is 0 Å². The van der Waals surface area contributed by atoms with Crippen LogP contribution in [0.15, 0.2) is 66.7 Å². The van der Waals surface area contributed by atoms with Crippen LogP contribution in [0.5, 0.6) is 11.5 Å². The van der Waals surface area contributed by atoms with Crippen molar-refractivity contribution >= 4 is 34.2 Å². The number of urea groups is 1. The number of nitrogens with zero attached hydrogens (tertiary/aromatic N) is 1. The molecule has 0 aliphatic heterocycles. The van der Waals surface area contributed by atoms with Crippen molar-refractivity contribution in [2.75, 3.05) is 17.7 Å². The largest absolute Gasteiger partial charge is 0.497 e. The summed E-state index contributed by atoms with van der Waals surface area (Å²) < 4.78 is 11.1. The maximum Gasteiger partial charge on any atom is 0.324 e. The molecule has 0 unspecified atom stereocenters. The first-order valence-corrected chi connectivity index (χ1v) is 9.94. The first kappa shape index (κ1) is 20.9. The Bertz CT molecular complexity index is 1260. The number of aromatic nitrogens is 2. The summed E-state index contributed by atoms with van der Waals surface area (Å²) in [4.78, 5) is 23.8. The standard InChI is InChI=1S/C24H22N4O4/c1-15(29)17-6-8-18(9-7-17)25-24(30)26-23-21-13-20(10-11-22(21)27-28-23)32-14-16-4-3-5-19(12-16)31-2/h3-13H,14H2,1-2H3,(H3,25,26,27,28,30). The number of Topliss-reactive ketones (excluding diaryl/α,β-unsaturated/α-hetero) is 1. The van der Waals surface area contributed by atoms with Crippen LogP contribution in [0.2, 0.25) is 0 Å². The lowest BCUT2D eigenvalue weighted by molar-refractivity contribution is 0.101. The van der Waals surface area contributed by atoms with E-state index in [-0.39, 0.29) is 5.78 Å². The highest BCUT2D eigenvalue weighted by molar-refractivity contribution is 6.05. The maximum atomic E-state index is 12.4. The van der Waals surface area contributed by atoms with Gasteiger partial charge in [-0.1, -0.05) is 12.1 Å². The zero-order valence-corrected chi connectivity index (χ0v) is 17.6. The fourth-order valence-corrected chi connectivity index (χ4v) is 3.17. The van der Waals surface area contributed by atoms with E-state index in [0.29, 0.717) is 29.4 Å². The molecule has 1 heterocycles. The van der Waals surface area contributed by atoms with Gasteiger partial charge in [0.15, 0.2) is 11.6 Å². The summed E-state index contributed by atoms with van der Waals surface area (Å²) in [5.74, 6) is 1.76. The number of fused-ring (bicyclic) bond motifs is 1. The van der Waals surface area contributed by atoms with Crippen LogP contribution in [0, 0.1) is 0 Å². The van der Waals surface area contributed by atoms with E-state index in [1.807, 2.05) is 42.5 Å². The van der Waals surface area contributed by atoms with Crippen LogP contribution in [0.25, 0.3) is 10.9 Å². The quantitative estimate of drug-likeness (QED) is 0.358. The normalized spacial score (nSPS) is 10.6. The van der Waals surface area contributed by atoms with Gasteiger partial charge in [0.2, 0.25) is 0 Å². The number of rotatable bonds is 7. The Hall–Kier alpha value is -4.33.